The number of alkyl halides is 3. The predicted molar refractivity (Wildman–Crippen MR) is 208 cm³/mol. The van der Waals surface area contributed by atoms with Gasteiger partial charge in [0.05, 0.1) is 17.4 Å². The highest BCUT2D eigenvalue weighted by atomic mass is 32.2. The lowest BCUT2D eigenvalue weighted by atomic mass is 9.92. The number of ether oxygens (including phenoxy) is 2. The molecular formula is C40H48F3N5O9S2. The van der Waals surface area contributed by atoms with Crippen LogP contribution in [0.2, 0.25) is 0 Å². The minimum Gasteiger partial charge on any atom is -0.460 e. The van der Waals surface area contributed by atoms with E-state index >= 15 is 0 Å². The van der Waals surface area contributed by atoms with Gasteiger partial charge in [0, 0.05) is 54.2 Å². The zero-order valence-corrected chi connectivity index (χ0v) is 34.6. The molecule has 0 radical (unpaired) electrons. The lowest BCUT2D eigenvalue weighted by Gasteiger charge is -2.32. The molecule has 320 valence electrons. The summed E-state index contributed by atoms with van der Waals surface area (Å²) in [6.07, 6.45) is 2.97. The van der Waals surface area contributed by atoms with Crippen LogP contribution in [0.4, 0.5) is 13.2 Å². The summed E-state index contributed by atoms with van der Waals surface area (Å²) in [6, 6.07) is 3.93. The van der Waals surface area contributed by atoms with Crippen molar-refractivity contribution >= 4 is 51.0 Å². The molecule has 4 fully saturated rings. The molecule has 4 heterocycles. The molecule has 2 aromatic rings. The fraction of sp³-hybridized carbons (Fsp3) is 0.600. The fourth-order valence-corrected chi connectivity index (χ4v) is 10.6. The predicted octanol–water partition coefficient (Wildman–Crippen LogP) is 4.96. The Labute approximate surface area is 344 Å². The molecule has 4 amide bonds. The summed E-state index contributed by atoms with van der Waals surface area (Å²) in [5.74, 6) is -5.51. The maximum atomic E-state index is 14.7. The highest BCUT2D eigenvalue weighted by Gasteiger charge is 2.63. The van der Waals surface area contributed by atoms with Crippen LogP contribution >= 0.6 is 11.3 Å². The van der Waals surface area contributed by atoms with E-state index in [9.17, 15) is 45.6 Å². The van der Waals surface area contributed by atoms with Gasteiger partial charge in [-0.05, 0) is 83.6 Å². The number of allylic oxidation sites excluding steroid dienone is 1. The number of nitrogens with zero attached hydrogens (tertiary/aromatic N) is 3. The van der Waals surface area contributed by atoms with Crippen LogP contribution < -0.4 is 14.8 Å². The topological polar surface area (TPSA) is 181 Å². The van der Waals surface area contributed by atoms with Gasteiger partial charge in [0.2, 0.25) is 21.8 Å². The van der Waals surface area contributed by atoms with Gasteiger partial charge >= 0.3 is 12.3 Å². The number of sulfonamides is 1. The summed E-state index contributed by atoms with van der Waals surface area (Å²) in [4.78, 5) is 77.6. The Morgan fingerprint density at radius 1 is 1.02 bits per heavy atom. The number of fused-ring (bicyclic) bond motifs is 4. The van der Waals surface area contributed by atoms with Crippen molar-refractivity contribution in [3.8, 4) is 17.0 Å². The number of hydrogen-bond acceptors (Lipinski definition) is 11. The normalized spacial score (nSPS) is 28.3. The van der Waals surface area contributed by atoms with Gasteiger partial charge in [-0.25, -0.2) is 13.4 Å². The minimum atomic E-state index is -4.85. The van der Waals surface area contributed by atoms with Crippen molar-refractivity contribution in [3.63, 3.8) is 0 Å². The van der Waals surface area contributed by atoms with Crippen molar-refractivity contribution in [2.24, 2.45) is 23.7 Å². The Kier molecular flexibility index (Phi) is 11.7. The van der Waals surface area contributed by atoms with Crippen LogP contribution in [0.5, 0.6) is 5.75 Å². The number of halogens is 3. The lowest BCUT2D eigenvalue weighted by Crippen LogP contribution is -2.58. The van der Waals surface area contributed by atoms with Crippen LogP contribution in [0.15, 0.2) is 41.8 Å². The molecule has 19 heteroatoms. The highest BCUT2D eigenvalue weighted by Crippen LogP contribution is 2.47. The molecule has 0 unspecified atom stereocenters. The maximum absolute atomic E-state index is 14.7. The van der Waals surface area contributed by atoms with Gasteiger partial charge < -0.3 is 24.6 Å². The van der Waals surface area contributed by atoms with E-state index in [0.717, 1.165) is 36.3 Å². The monoisotopic (exact) mass is 863 g/mol. The van der Waals surface area contributed by atoms with Gasteiger partial charge in [-0.15, -0.1) is 24.5 Å². The van der Waals surface area contributed by atoms with Crippen molar-refractivity contribution in [2.75, 3.05) is 19.6 Å². The fourth-order valence-electron chi connectivity index (χ4n) is 8.42. The zero-order valence-electron chi connectivity index (χ0n) is 33.0. The van der Waals surface area contributed by atoms with E-state index in [1.165, 1.54) is 17.0 Å². The Balaban J connectivity index is 1.14. The largest absolute Gasteiger partial charge is 0.573 e. The number of carbonyl (C=O) groups is 5. The van der Waals surface area contributed by atoms with Crippen LogP contribution in [-0.4, -0.2) is 101 Å². The van der Waals surface area contributed by atoms with E-state index in [4.69, 9.17) is 4.74 Å². The summed E-state index contributed by atoms with van der Waals surface area (Å²) in [5, 5.41) is 3.94. The van der Waals surface area contributed by atoms with Crippen molar-refractivity contribution in [1.82, 2.24) is 24.8 Å². The molecule has 14 nitrogen and oxygen atoms in total. The number of carbonyl (C=O) groups excluding carboxylic acids is 5. The summed E-state index contributed by atoms with van der Waals surface area (Å²) >= 11 is 1.05. The van der Waals surface area contributed by atoms with Gasteiger partial charge in [0.15, 0.2) is 5.01 Å². The summed E-state index contributed by atoms with van der Waals surface area (Å²) in [5.41, 5.74) is -1.52. The third kappa shape index (κ3) is 9.76. The van der Waals surface area contributed by atoms with E-state index in [0.29, 0.717) is 43.4 Å². The summed E-state index contributed by atoms with van der Waals surface area (Å²) in [7, 11) is -3.95. The zero-order chi connectivity index (χ0) is 42.5. The molecule has 3 aliphatic heterocycles. The second-order valence-electron chi connectivity index (χ2n) is 17.2. The average molecular weight is 864 g/mol. The quantitative estimate of drug-likeness (QED) is 0.272. The Bertz CT molecular complexity index is 2120. The Hall–Kier alpha value is -4.52. The molecule has 6 atom stereocenters. The second-order valence-corrected chi connectivity index (χ2v) is 20.0. The van der Waals surface area contributed by atoms with Gasteiger partial charge in [-0.2, -0.15) is 0 Å². The van der Waals surface area contributed by atoms with Gasteiger partial charge in [-0.3, -0.25) is 28.7 Å². The first-order chi connectivity index (χ1) is 27.7. The van der Waals surface area contributed by atoms with E-state index in [1.54, 1.807) is 31.1 Å². The summed E-state index contributed by atoms with van der Waals surface area (Å²) < 4.78 is 75.5. The van der Waals surface area contributed by atoms with Gasteiger partial charge in [-0.1, -0.05) is 25.0 Å². The van der Waals surface area contributed by atoms with E-state index in [-0.39, 0.29) is 43.4 Å². The molecule has 1 aromatic heterocycles. The van der Waals surface area contributed by atoms with Crippen molar-refractivity contribution < 1.29 is 55.0 Å². The van der Waals surface area contributed by atoms with Gasteiger partial charge in [0.1, 0.15) is 22.9 Å². The standard InChI is InChI=1S/C40H48F3N5O9S2/c1-38(2,3)57-31(49)17-24-9-7-5-4-6-8-10-26-18-39(26,37(53)46-59(54,55)28-15-16-28)45-33(50)32-29-21-47(19-25(29)20-48(32)35(24)51)36(52)34-44-30(22-58-34)23-11-13-27(14-12-23)56-40(41,42)43/h8,10-14,22,24-26,28-29,32H,4-7,9,15-21H2,1-3H3,(H,45,50)(H,46,53)/b10-8-/t24-,25+,26-,29+,32+,39-/m1/s1. The molecule has 5 aliphatic rings. The first-order valence-electron chi connectivity index (χ1n) is 19.9. The van der Waals surface area contributed by atoms with Crippen molar-refractivity contribution in [3.05, 3.63) is 46.8 Å². The van der Waals surface area contributed by atoms with Crippen LogP contribution in [-0.2, 0) is 33.9 Å². The van der Waals surface area contributed by atoms with E-state index < -0.39 is 91.9 Å². The number of amides is 4. The first-order valence-corrected chi connectivity index (χ1v) is 22.3. The molecule has 2 saturated carbocycles. The summed E-state index contributed by atoms with van der Waals surface area (Å²) in [6.45, 7) is 5.52. The SMILES string of the molecule is CC(C)(C)OC(=O)C[C@H]1CCCCC/C=C\[C@@H]2C[C@@]2(C(=O)NS(=O)(=O)C2CC2)NC(=O)[C@@H]2[C@H]3CN(C(=O)c4nc(-c5ccc(OC(F)(F)F)cc5)cs4)C[C@H]3CN2C1=O. The number of nitrogens with one attached hydrogen (secondary N) is 2. The van der Waals surface area contributed by atoms with Crippen molar-refractivity contribution in [2.45, 2.75) is 107 Å². The number of likely N-dealkylation sites (tertiary alicyclic amines) is 1. The van der Waals surface area contributed by atoms with Gasteiger partial charge in [0.25, 0.3) is 11.8 Å². The number of thiazole rings is 1. The minimum absolute atomic E-state index is 0.0546. The molecule has 2 saturated heterocycles. The molecular weight excluding hydrogens is 816 g/mol. The molecule has 7 rings (SSSR count). The number of benzene rings is 1. The number of rotatable bonds is 8. The molecule has 0 bridgehead atoms. The molecule has 59 heavy (non-hydrogen) atoms. The van der Waals surface area contributed by atoms with E-state index in [2.05, 4.69) is 19.8 Å². The molecule has 0 spiro atoms. The molecule has 2 aliphatic carbocycles. The third-order valence-electron chi connectivity index (χ3n) is 11.5. The Morgan fingerprint density at radius 3 is 2.42 bits per heavy atom. The number of aromatic nitrogens is 1. The second kappa shape index (κ2) is 16.2. The van der Waals surface area contributed by atoms with E-state index in [1.807, 2.05) is 12.2 Å². The van der Waals surface area contributed by atoms with Crippen LogP contribution in [0, 0.1) is 23.7 Å². The van der Waals surface area contributed by atoms with Crippen LogP contribution in [0.25, 0.3) is 11.3 Å². The van der Waals surface area contributed by atoms with Crippen LogP contribution in [0.3, 0.4) is 0 Å². The molecule has 1 aromatic carbocycles. The van der Waals surface area contributed by atoms with Crippen LogP contribution in [0.1, 0.15) is 88.4 Å². The van der Waals surface area contributed by atoms with Crippen molar-refractivity contribution in [1.29, 1.82) is 0 Å². The maximum Gasteiger partial charge on any atom is 0.573 e. The molecule has 2 N–H and O–H groups in total. The lowest BCUT2D eigenvalue weighted by molar-refractivity contribution is -0.274. The number of hydrogen-bond donors (Lipinski definition) is 2. The number of esters is 1. The third-order valence-corrected chi connectivity index (χ3v) is 14.2. The smallest absolute Gasteiger partial charge is 0.460 e. The highest BCUT2D eigenvalue weighted by molar-refractivity contribution is 7.91. The first kappa shape index (κ1) is 42.6. The Morgan fingerprint density at radius 2 is 1.75 bits per heavy atom. The average Bonchev–Trinajstić information content (AvgIpc) is 3.96.